The molecule has 0 aliphatic carbocycles. The average molecular weight is 293 g/mol. The summed E-state index contributed by atoms with van der Waals surface area (Å²) in [5.74, 6) is -1.85. The Labute approximate surface area is 113 Å². The summed E-state index contributed by atoms with van der Waals surface area (Å²) in [6.45, 7) is 0.00255. The van der Waals surface area contributed by atoms with E-state index in [0.29, 0.717) is 0 Å². The van der Waals surface area contributed by atoms with Crippen molar-refractivity contribution in [1.82, 2.24) is 10.3 Å². The van der Waals surface area contributed by atoms with Crippen molar-refractivity contribution >= 4 is 35.1 Å². The van der Waals surface area contributed by atoms with Gasteiger partial charge in [0.1, 0.15) is 5.15 Å². The minimum absolute atomic E-state index is 0.00255. The first-order chi connectivity index (χ1) is 8.41. The monoisotopic (exact) mass is 292 g/mol. The van der Waals surface area contributed by atoms with Gasteiger partial charge in [-0.15, -0.1) is 0 Å². The third-order valence-electron chi connectivity index (χ3n) is 2.05. The van der Waals surface area contributed by atoms with Crippen LogP contribution in [-0.4, -0.2) is 39.7 Å². The fourth-order valence-corrected chi connectivity index (χ4v) is 1.48. The molecule has 8 heteroatoms. The second kappa shape index (κ2) is 6.53. The van der Waals surface area contributed by atoms with E-state index in [1.807, 2.05) is 0 Å². The molecule has 0 bridgehead atoms. The summed E-state index contributed by atoms with van der Waals surface area (Å²) >= 11 is 11.4. The van der Waals surface area contributed by atoms with E-state index in [1.54, 1.807) is 0 Å². The van der Waals surface area contributed by atoms with Gasteiger partial charge in [-0.2, -0.15) is 0 Å². The Morgan fingerprint density at radius 1 is 1.44 bits per heavy atom. The Morgan fingerprint density at radius 3 is 2.72 bits per heavy atom. The zero-order valence-corrected chi connectivity index (χ0v) is 10.6. The molecule has 0 spiro atoms. The highest BCUT2D eigenvalue weighted by Gasteiger charge is 2.15. The predicted octanol–water partition coefficient (Wildman–Crippen LogP) is 0.954. The summed E-state index contributed by atoms with van der Waals surface area (Å²) in [6, 6.07) is 1.30. The molecular formula is C10H10Cl2N2O4. The highest BCUT2D eigenvalue weighted by Crippen LogP contribution is 2.17. The van der Waals surface area contributed by atoms with Crippen LogP contribution in [0.1, 0.15) is 16.8 Å². The van der Waals surface area contributed by atoms with Gasteiger partial charge in [0.15, 0.2) is 6.10 Å². The number of carbonyl (C=O) groups is 2. The lowest BCUT2D eigenvalue weighted by Crippen LogP contribution is -2.30. The summed E-state index contributed by atoms with van der Waals surface area (Å²) in [5, 5.41) is 20.1. The molecular weight excluding hydrogens is 283 g/mol. The molecule has 1 aromatic heterocycles. The van der Waals surface area contributed by atoms with E-state index in [0.717, 1.165) is 0 Å². The molecule has 0 saturated heterocycles. The van der Waals surface area contributed by atoms with Crippen LogP contribution >= 0.6 is 23.2 Å². The molecule has 1 unspecified atom stereocenters. The fourth-order valence-electron chi connectivity index (χ4n) is 1.13. The van der Waals surface area contributed by atoms with Gasteiger partial charge in [-0.1, -0.05) is 23.2 Å². The number of rotatable bonds is 5. The van der Waals surface area contributed by atoms with Crippen LogP contribution < -0.4 is 5.32 Å². The Morgan fingerprint density at radius 2 is 2.11 bits per heavy atom. The summed E-state index contributed by atoms with van der Waals surface area (Å²) < 4.78 is 0. The first kappa shape index (κ1) is 14.7. The number of hydrogen-bond acceptors (Lipinski definition) is 4. The molecule has 0 aliphatic rings. The van der Waals surface area contributed by atoms with Crippen molar-refractivity contribution in [2.24, 2.45) is 0 Å². The highest BCUT2D eigenvalue weighted by atomic mass is 35.5. The van der Waals surface area contributed by atoms with Gasteiger partial charge in [0, 0.05) is 19.2 Å². The Hall–Kier alpha value is -1.37. The molecule has 0 aliphatic heterocycles. The van der Waals surface area contributed by atoms with E-state index in [-0.39, 0.29) is 28.7 Å². The first-order valence-corrected chi connectivity index (χ1v) is 5.67. The number of carboxylic acid groups (broad SMARTS) is 1. The molecule has 1 heterocycles. The maximum atomic E-state index is 11.7. The van der Waals surface area contributed by atoms with Crippen LogP contribution in [0.3, 0.4) is 0 Å². The van der Waals surface area contributed by atoms with Crippen molar-refractivity contribution in [3.8, 4) is 0 Å². The number of halogens is 2. The molecule has 98 valence electrons. The van der Waals surface area contributed by atoms with Gasteiger partial charge < -0.3 is 15.5 Å². The Bertz CT molecular complexity index is 467. The standard InChI is InChI=1S/C10H10Cl2N2O4/c11-6-4-14-8(12)3-5(6)9(16)13-2-1-7(15)10(17)18/h3-4,7,15H,1-2H2,(H,13,16)(H,17,18). The normalized spacial score (nSPS) is 11.9. The van der Waals surface area contributed by atoms with E-state index < -0.39 is 18.0 Å². The Kier molecular flexibility index (Phi) is 5.33. The van der Waals surface area contributed by atoms with Gasteiger partial charge in [-0.05, 0) is 6.07 Å². The lowest BCUT2D eigenvalue weighted by Gasteiger charge is -2.08. The minimum Gasteiger partial charge on any atom is -0.479 e. The summed E-state index contributed by atoms with van der Waals surface area (Å²) in [4.78, 5) is 25.7. The largest absolute Gasteiger partial charge is 0.479 e. The van der Waals surface area contributed by atoms with E-state index in [9.17, 15) is 9.59 Å². The molecule has 1 atom stereocenters. The number of nitrogens with one attached hydrogen (secondary N) is 1. The zero-order chi connectivity index (χ0) is 13.7. The van der Waals surface area contributed by atoms with Crippen LogP contribution in [0.5, 0.6) is 0 Å². The topological polar surface area (TPSA) is 99.5 Å². The minimum atomic E-state index is -1.51. The number of aromatic nitrogens is 1. The van der Waals surface area contributed by atoms with Gasteiger partial charge in [0.25, 0.3) is 5.91 Å². The Balaban J connectivity index is 2.55. The quantitative estimate of drug-likeness (QED) is 0.702. The third-order valence-corrected chi connectivity index (χ3v) is 2.56. The number of aliphatic hydroxyl groups excluding tert-OH is 1. The molecule has 3 N–H and O–H groups in total. The number of hydrogen-bond donors (Lipinski definition) is 3. The molecule has 18 heavy (non-hydrogen) atoms. The third kappa shape index (κ3) is 4.14. The molecule has 0 aromatic carbocycles. The molecule has 0 fully saturated rings. The van der Waals surface area contributed by atoms with Gasteiger partial charge in [-0.3, -0.25) is 4.79 Å². The van der Waals surface area contributed by atoms with Gasteiger partial charge in [-0.25, -0.2) is 9.78 Å². The molecule has 1 amide bonds. The number of pyridine rings is 1. The van der Waals surface area contributed by atoms with Crippen LogP contribution in [-0.2, 0) is 4.79 Å². The van der Waals surface area contributed by atoms with Crippen LogP contribution in [0.25, 0.3) is 0 Å². The van der Waals surface area contributed by atoms with Crippen LogP contribution in [0.2, 0.25) is 10.2 Å². The van der Waals surface area contributed by atoms with E-state index in [2.05, 4.69) is 10.3 Å². The van der Waals surface area contributed by atoms with Crippen LogP contribution in [0.15, 0.2) is 12.3 Å². The predicted molar refractivity (Wildman–Crippen MR) is 64.8 cm³/mol. The van der Waals surface area contributed by atoms with Crippen molar-refractivity contribution in [1.29, 1.82) is 0 Å². The summed E-state index contributed by atoms with van der Waals surface area (Å²) in [6.07, 6.45) is -0.371. The molecule has 1 rings (SSSR count). The number of aliphatic carboxylic acids is 1. The molecule has 6 nitrogen and oxygen atoms in total. The van der Waals surface area contributed by atoms with E-state index in [4.69, 9.17) is 33.4 Å². The number of nitrogens with zero attached hydrogens (tertiary/aromatic N) is 1. The lowest BCUT2D eigenvalue weighted by molar-refractivity contribution is -0.146. The number of carboxylic acids is 1. The number of amides is 1. The zero-order valence-electron chi connectivity index (χ0n) is 9.06. The lowest BCUT2D eigenvalue weighted by atomic mass is 10.2. The molecule has 0 radical (unpaired) electrons. The van der Waals surface area contributed by atoms with Crippen molar-refractivity contribution in [2.75, 3.05) is 6.54 Å². The van der Waals surface area contributed by atoms with Crippen molar-refractivity contribution in [3.05, 3.63) is 28.0 Å². The second-order valence-electron chi connectivity index (χ2n) is 3.39. The van der Waals surface area contributed by atoms with E-state index in [1.165, 1.54) is 12.3 Å². The SMILES string of the molecule is O=C(NCCC(O)C(=O)O)c1cc(Cl)ncc1Cl. The summed E-state index contributed by atoms with van der Waals surface area (Å²) in [5.41, 5.74) is 0.140. The number of carbonyl (C=O) groups excluding carboxylic acids is 1. The van der Waals surface area contributed by atoms with E-state index >= 15 is 0 Å². The number of aliphatic hydroxyl groups is 1. The average Bonchev–Trinajstić information content (AvgIpc) is 2.31. The van der Waals surface area contributed by atoms with Gasteiger partial charge in [0.05, 0.1) is 10.6 Å². The maximum absolute atomic E-state index is 11.7. The highest BCUT2D eigenvalue weighted by molar-refractivity contribution is 6.35. The van der Waals surface area contributed by atoms with Gasteiger partial charge >= 0.3 is 5.97 Å². The second-order valence-corrected chi connectivity index (χ2v) is 4.18. The smallest absolute Gasteiger partial charge is 0.332 e. The molecule has 1 aromatic rings. The van der Waals surface area contributed by atoms with Crippen molar-refractivity contribution in [2.45, 2.75) is 12.5 Å². The van der Waals surface area contributed by atoms with Crippen molar-refractivity contribution < 1.29 is 19.8 Å². The van der Waals surface area contributed by atoms with Crippen LogP contribution in [0.4, 0.5) is 0 Å². The maximum Gasteiger partial charge on any atom is 0.332 e. The van der Waals surface area contributed by atoms with Crippen LogP contribution in [0, 0.1) is 0 Å². The fraction of sp³-hybridized carbons (Fsp3) is 0.300. The van der Waals surface area contributed by atoms with Crippen molar-refractivity contribution in [3.63, 3.8) is 0 Å². The first-order valence-electron chi connectivity index (χ1n) is 4.92. The van der Waals surface area contributed by atoms with Gasteiger partial charge in [0.2, 0.25) is 0 Å². The summed E-state index contributed by atoms with van der Waals surface area (Å²) in [7, 11) is 0. The molecule has 0 saturated carbocycles.